The molecule has 4 aliphatic rings. The molecule has 0 amide bonds. The molecule has 4 rings (SSSR count). The Hall–Kier alpha value is -1.24. The zero-order valence-corrected chi connectivity index (χ0v) is 12.3. The normalized spacial score (nSPS) is 47.6. The van der Waals surface area contributed by atoms with Gasteiger partial charge in [0.25, 0.3) is 0 Å². The lowest BCUT2D eigenvalue weighted by Crippen LogP contribution is -2.42. The summed E-state index contributed by atoms with van der Waals surface area (Å²) in [6.45, 7) is 2.39. The second-order valence-corrected chi connectivity index (χ2v) is 7.25. The van der Waals surface area contributed by atoms with Crippen LogP contribution in [0.2, 0.25) is 0 Å². The van der Waals surface area contributed by atoms with E-state index in [-0.39, 0.29) is 5.41 Å². The zero-order valence-electron chi connectivity index (χ0n) is 12.3. The second kappa shape index (κ2) is 4.38. The molecule has 0 radical (unpaired) electrons. The van der Waals surface area contributed by atoms with Gasteiger partial charge in [-0.3, -0.25) is 0 Å². The van der Waals surface area contributed by atoms with Crippen LogP contribution in [0.3, 0.4) is 0 Å². The van der Waals surface area contributed by atoms with E-state index in [1.807, 2.05) is 0 Å². The molecule has 0 aromatic carbocycles. The number of aliphatic hydroxyl groups is 1. The van der Waals surface area contributed by atoms with Crippen LogP contribution >= 0.6 is 0 Å². The van der Waals surface area contributed by atoms with Gasteiger partial charge in [-0.1, -0.05) is 37.3 Å². The minimum Gasteiger partial charge on any atom is -0.516 e. The molecule has 0 heterocycles. The topological polar surface area (TPSA) is 20.2 Å². The summed E-state index contributed by atoms with van der Waals surface area (Å²) in [5.41, 5.74) is 3.10. The monoisotopic (exact) mass is 268 g/mol. The van der Waals surface area contributed by atoms with Crippen molar-refractivity contribution in [1.82, 2.24) is 0 Å². The third-order valence-corrected chi connectivity index (χ3v) is 6.58. The molecule has 0 aromatic heterocycles. The molecule has 0 unspecified atom stereocenters. The Morgan fingerprint density at radius 2 is 2.20 bits per heavy atom. The minimum absolute atomic E-state index is 0.250. The SMILES string of the molecule is C[C@]12CC[C@H]3[C@@H](C=CC4=CCC=C[C@@H]43)[C@@H]1CCC2=CO. The summed E-state index contributed by atoms with van der Waals surface area (Å²) in [7, 11) is 0. The van der Waals surface area contributed by atoms with Crippen LogP contribution in [0, 0.1) is 29.1 Å². The molecule has 4 aliphatic carbocycles. The fourth-order valence-corrected chi connectivity index (χ4v) is 5.45. The Morgan fingerprint density at radius 1 is 1.30 bits per heavy atom. The van der Waals surface area contributed by atoms with Crippen molar-refractivity contribution in [1.29, 1.82) is 0 Å². The summed E-state index contributed by atoms with van der Waals surface area (Å²) in [6, 6.07) is 0. The summed E-state index contributed by atoms with van der Waals surface area (Å²) >= 11 is 0. The summed E-state index contributed by atoms with van der Waals surface area (Å²) < 4.78 is 0. The van der Waals surface area contributed by atoms with Crippen molar-refractivity contribution >= 4 is 0 Å². The van der Waals surface area contributed by atoms with Gasteiger partial charge in [-0.05, 0) is 66.4 Å². The first kappa shape index (κ1) is 12.5. The van der Waals surface area contributed by atoms with Gasteiger partial charge in [0.2, 0.25) is 0 Å². The molecule has 5 atom stereocenters. The molecular weight excluding hydrogens is 244 g/mol. The molecule has 0 aliphatic heterocycles. The summed E-state index contributed by atoms with van der Waals surface area (Å²) in [6.07, 6.45) is 19.5. The quantitative estimate of drug-likeness (QED) is 0.487. The van der Waals surface area contributed by atoms with Crippen LogP contribution < -0.4 is 0 Å². The average Bonchev–Trinajstić information content (AvgIpc) is 2.83. The number of hydrogen-bond donors (Lipinski definition) is 1. The van der Waals surface area contributed by atoms with E-state index >= 15 is 0 Å². The first-order chi connectivity index (χ1) is 9.74. The van der Waals surface area contributed by atoms with Crippen molar-refractivity contribution in [3.63, 3.8) is 0 Å². The van der Waals surface area contributed by atoms with Crippen LogP contribution in [-0.2, 0) is 0 Å². The van der Waals surface area contributed by atoms with E-state index in [0.29, 0.717) is 11.8 Å². The standard InChI is InChI=1S/C19H24O/c1-19-11-10-16-15-5-3-2-4-13(15)6-8-17(16)18(19)9-7-14(19)12-20/h3-6,8,12,15-18,20H,2,7,9-11H2,1H3/t15-,16+,17+,18-,19+/m0/s1. The predicted octanol–water partition coefficient (Wildman–Crippen LogP) is 4.94. The van der Waals surface area contributed by atoms with Crippen molar-refractivity contribution in [2.24, 2.45) is 29.1 Å². The fraction of sp³-hybridized carbons (Fsp3) is 0.579. The van der Waals surface area contributed by atoms with Gasteiger partial charge >= 0.3 is 0 Å². The summed E-state index contributed by atoms with van der Waals surface area (Å²) in [5.74, 6) is 2.88. The van der Waals surface area contributed by atoms with Crippen LogP contribution in [0.4, 0.5) is 0 Å². The first-order valence-electron chi connectivity index (χ1n) is 8.13. The second-order valence-electron chi connectivity index (χ2n) is 7.25. The zero-order chi connectivity index (χ0) is 13.7. The van der Waals surface area contributed by atoms with Crippen LogP contribution in [0.15, 0.2) is 47.8 Å². The molecule has 1 nitrogen and oxygen atoms in total. The van der Waals surface area contributed by atoms with Gasteiger partial charge in [-0.2, -0.15) is 0 Å². The van der Waals surface area contributed by atoms with Crippen LogP contribution in [0.1, 0.15) is 39.0 Å². The van der Waals surface area contributed by atoms with Gasteiger partial charge in [-0.25, -0.2) is 0 Å². The number of aliphatic hydroxyl groups excluding tert-OH is 1. The highest BCUT2D eigenvalue weighted by Crippen LogP contribution is 2.61. The maximum Gasteiger partial charge on any atom is 0.0789 e. The Bertz CT molecular complexity index is 536. The Balaban J connectivity index is 1.72. The van der Waals surface area contributed by atoms with Gasteiger partial charge in [0, 0.05) is 5.92 Å². The molecule has 0 spiro atoms. The van der Waals surface area contributed by atoms with Crippen molar-refractivity contribution < 1.29 is 5.11 Å². The van der Waals surface area contributed by atoms with E-state index in [2.05, 4.69) is 37.3 Å². The molecule has 0 saturated heterocycles. The van der Waals surface area contributed by atoms with Gasteiger partial charge in [0.05, 0.1) is 6.26 Å². The molecule has 20 heavy (non-hydrogen) atoms. The smallest absolute Gasteiger partial charge is 0.0789 e. The van der Waals surface area contributed by atoms with E-state index < -0.39 is 0 Å². The van der Waals surface area contributed by atoms with E-state index in [1.54, 1.807) is 5.57 Å². The summed E-state index contributed by atoms with van der Waals surface area (Å²) in [5, 5.41) is 9.55. The van der Waals surface area contributed by atoms with Crippen molar-refractivity contribution in [2.75, 3.05) is 0 Å². The maximum atomic E-state index is 9.55. The Labute approximate surface area is 121 Å². The van der Waals surface area contributed by atoms with Gasteiger partial charge in [0.1, 0.15) is 0 Å². The van der Waals surface area contributed by atoms with Gasteiger partial charge in [0.15, 0.2) is 0 Å². The highest BCUT2D eigenvalue weighted by molar-refractivity contribution is 5.36. The Kier molecular flexibility index (Phi) is 2.73. The van der Waals surface area contributed by atoms with E-state index in [0.717, 1.165) is 24.7 Å². The lowest BCUT2D eigenvalue weighted by molar-refractivity contribution is 0.0701. The molecule has 2 saturated carbocycles. The molecule has 2 fully saturated rings. The van der Waals surface area contributed by atoms with E-state index in [4.69, 9.17) is 0 Å². The third kappa shape index (κ3) is 1.55. The predicted molar refractivity (Wildman–Crippen MR) is 82.2 cm³/mol. The maximum absolute atomic E-state index is 9.55. The molecule has 0 bridgehead atoms. The number of rotatable bonds is 0. The first-order valence-corrected chi connectivity index (χ1v) is 8.13. The van der Waals surface area contributed by atoms with E-state index in [9.17, 15) is 5.11 Å². The molecule has 0 aromatic rings. The van der Waals surface area contributed by atoms with Crippen LogP contribution in [0.5, 0.6) is 0 Å². The minimum atomic E-state index is 0.250. The number of allylic oxidation sites excluding steroid dienone is 7. The highest BCUT2D eigenvalue weighted by atomic mass is 16.2. The molecule has 1 heteroatoms. The van der Waals surface area contributed by atoms with Crippen LogP contribution in [-0.4, -0.2) is 5.11 Å². The largest absolute Gasteiger partial charge is 0.516 e. The lowest BCUT2D eigenvalue weighted by atomic mass is 9.54. The van der Waals surface area contributed by atoms with Crippen LogP contribution in [0.25, 0.3) is 0 Å². The molecular formula is C19H24O. The molecule has 1 N–H and O–H groups in total. The van der Waals surface area contributed by atoms with Gasteiger partial charge in [-0.15, -0.1) is 0 Å². The highest BCUT2D eigenvalue weighted by Gasteiger charge is 2.52. The molecule has 106 valence electrons. The number of fused-ring (bicyclic) bond motifs is 5. The number of hydrogen-bond acceptors (Lipinski definition) is 1. The third-order valence-electron chi connectivity index (χ3n) is 6.58. The Morgan fingerprint density at radius 3 is 3.05 bits per heavy atom. The lowest BCUT2D eigenvalue weighted by Gasteiger charge is -2.50. The fourth-order valence-electron chi connectivity index (χ4n) is 5.45. The van der Waals surface area contributed by atoms with Gasteiger partial charge < -0.3 is 5.11 Å². The van der Waals surface area contributed by atoms with E-state index in [1.165, 1.54) is 31.1 Å². The van der Waals surface area contributed by atoms with Crippen molar-refractivity contribution in [3.05, 3.63) is 47.8 Å². The summed E-state index contributed by atoms with van der Waals surface area (Å²) in [4.78, 5) is 0. The van der Waals surface area contributed by atoms with Crippen molar-refractivity contribution in [3.8, 4) is 0 Å². The van der Waals surface area contributed by atoms with Crippen molar-refractivity contribution in [2.45, 2.75) is 39.0 Å². The average molecular weight is 268 g/mol.